The highest BCUT2D eigenvalue weighted by Gasteiger charge is 2.19. The summed E-state index contributed by atoms with van der Waals surface area (Å²) in [5.41, 5.74) is 8.87. The van der Waals surface area contributed by atoms with E-state index in [1.54, 1.807) is 11.1 Å². The minimum Gasteiger partial charge on any atom is -0.0998 e. The molecule has 0 nitrogen and oxygen atoms in total. The Labute approximate surface area is 152 Å². The minimum atomic E-state index is 0.513. The topological polar surface area (TPSA) is 0 Å². The van der Waals surface area contributed by atoms with Crippen molar-refractivity contribution in [1.29, 1.82) is 0 Å². The van der Waals surface area contributed by atoms with Crippen LogP contribution >= 0.6 is 0 Å². The molecule has 0 spiro atoms. The van der Waals surface area contributed by atoms with Gasteiger partial charge >= 0.3 is 0 Å². The predicted molar refractivity (Wildman–Crippen MR) is 108 cm³/mol. The second kappa shape index (κ2) is 7.04. The molecule has 0 amide bonds. The van der Waals surface area contributed by atoms with Gasteiger partial charge in [0.15, 0.2) is 0 Å². The number of allylic oxidation sites excluding steroid dienone is 2. The Kier molecular flexibility index (Phi) is 4.61. The van der Waals surface area contributed by atoms with Crippen LogP contribution in [0.2, 0.25) is 0 Å². The average molecular weight is 328 g/mol. The van der Waals surface area contributed by atoms with Gasteiger partial charge in [-0.3, -0.25) is 0 Å². The van der Waals surface area contributed by atoms with E-state index in [2.05, 4.69) is 68.1 Å². The van der Waals surface area contributed by atoms with E-state index in [4.69, 9.17) is 0 Å². The molecule has 0 bridgehead atoms. The number of aryl methyl sites for hydroxylation is 2. The Morgan fingerprint density at radius 1 is 1.08 bits per heavy atom. The van der Waals surface area contributed by atoms with E-state index in [0.717, 1.165) is 12.8 Å². The summed E-state index contributed by atoms with van der Waals surface area (Å²) >= 11 is 0. The van der Waals surface area contributed by atoms with Crippen LogP contribution in [0.15, 0.2) is 60.7 Å². The highest BCUT2D eigenvalue weighted by molar-refractivity contribution is 5.62. The Morgan fingerprint density at radius 2 is 1.88 bits per heavy atom. The lowest BCUT2D eigenvalue weighted by molar-refractivity contribution is 0.673. The van der Waals surface area contributed by atoms with Gasteiger partial charge in [-0.25, -0.2) is 0 Å². The first-order valence-electron chi connectivity index (χ1n) is 9.76. The van der Waals surface area contributed by atoms with E-state index in [1.807, 2.05) is 0 Å². The zero-order valence-corrected chi connectivity index (χ0v) is 15.3. The van der Waals surface area contributed by atoms with E-state index in [-0.39, 0.29) is 0 Å². The molecule has 2 aromatic carbocycles. The van der Waals surface area contributed by atoms with E-state index in [0.29, 0.717) is 11.8 Å². The van der Waals surface area contributed by atoms with Crippen molar-refractivity contribution in [1.82, 2.24) is 0 Å². The monoisotopic (exact) mass is 328 g/mol. The molecule has 4 rings (SSSR count). The fraction of sp³-hybridized carbons (Fsp3) is 0.360. The van der Waals surface area contributed by atoms with Crippen LogP contribution in [0.5, 0.6) is 0 Å². The Bertz CT molecular complexity index is 809. The molecular weight excluding hydrogens is 300 g/mol. The molecule has 0 fully saturated rings. The van der Waals surface area contributed by atoms with Gasteiger partial charge in [0, 0.05) is 5.92 Å². The van der Waals surface area contributed by atoms with Crippen molar-refractivity contribution < 1.29 is 0 Å². The zero-order chi connectivity index (χ0) is 17.2. The van der Waals surface area contributed by atoms with Crippen LogP contribution in [0.25, 0.3) is 6.08 Å². The fourth-order valence-electron chi connectivity index (χ4n) is 4.51. The zero-order valence-electron chi connectivity index (χ0n) is 15.3. The molecule has 128 valence electrons. The van der Waals surface area contributed by atoms with Crippen molar-refractivity contribution >= 4 is 6.08 Å². The Morgan fingerprint density at radius 3 is 2.76 bits per heavy atom. The summed E-state index contributed by atoms with van der Waals surface area (Å²) in [6, 6.07) is 15.9. The van der Waals surface area contributed by atoms with E-state index in [1.165, 1.54) is 47.9 Å². The minimum absolute atomic E-state index is 0.513. The molecule has 0 aliphatic heterocycles. The number of benzene rings is 2. The summed E-state index contributed by atoms with van der Waals surface area (Å²) < 4.78 is 0. The maximum atomic E-state index is 4.41. The molecule has 2 aliphatic carbocycles. The van der Waals surface area contributed by atoms with Gasteiger partial charge in [-0.2, -0.15) is 0 Å². The van der Waals surface area contributed by atoms with Crippen LogP contribution in [-0.4, -0.2) is 0 Å². The van der Waals surface area contributed by atoms with E-state index in [9.17, 15) is 0 Å². The molecule has 0 saturated carbocycles. The lowest BCUT2D eigenvalue weighted by Crippen LogP contribution is -2.05. The SMILES string of the molecule is C=C(CC(C)c1ccc2c(c1)CCCC2)CC1C=Cc2ccccc21. The number of hydrogen-bond donors (Lipinski definition) is 0. The average Bonchev–Trinajstić information content (AvgIpc) is 3.04. The standard InChI is InChI=1S/C25H28/c1-18(16-24-14-12-21-8-5-6-10-25(21)24)15-19(2)22-13-11-20-7-3-4-9-23(20)17-22/h5-6,8,10-14,17,19,24H,1,3-4,7,9,15-16H2,2H3. The van der Waals surface area contributed by atoms with Gasteiger partial charge in [-0.15, -0.1) is 0 Å². The van der Waals surface area contributed by atoms with Gasteiger partial charge < -0.3 is 0 Å². The lowest BCUT2D eigenvalue weighted by atomic mass is 9.84. The van der Waals surface area contributed by atoms with Crippen molar-refractivity contribution in [3.05, 3.63) is 88.5 Å². The van der Waals surface area contributed by atoms with Crippen molar-refractivity contribution in [3.8, 4) is 0 Å². The van der Waals surface area contributed by atoms with Crippen LogP contribution in [0.4, 0.5) is 0 Å². The van der Waals surface area contributed by atoms with Crippen LogP contribution in [0.3, 0.4) is 0 Å². The van der Waals surface area contributed by atoms with Gasteiger partial charge in [0.1, 0.15) is 0 Å². The van der Waals surface area contributed by atoms with E-state index >= 15 is 0 Å². The molecule has 0 saturated heterocycles. The van der Waals surface area contributed by atoms with E-state index < -0.39 is 0 Å². The maximum Gasteiger partial charge on any atom is 0.00643 e. The molecule has 2 unspecified atom stereocenters. The number of fused-ring (bicyclic) bond motifs is 2. The number of rotatable bonds is 5. The summed E-state index contributed by atoms with van der Waals surface area (Å²) in [6.45, 7) is 6.77. The summed E-state index contributed by atoms with van der Waals surface area (Å²) in [6.07, 6.45) is 12.0. The second-order valence-corrected chi connectivity index (χ2v) is 7.89. The molecule has 0 radical (unpaired) electrons. The van der Waals surface area contributed by atoms with Gasteiger partial charge in [0.25, 0.3) is 0 Å². The molecular formula is C25H28. The van der Waals surface area contributed by atoms with Crippen molar-refractivity contribution in [2.24, 2.45) is 0 Å². The highest BCUT2D eigenvalue weighted by atomic mass is 14.2. The molecule has 0 aromatic heterocycles. The van der Waals surface area contributed by atoms with Gasteiger partial charge in [-0.05, 0) is 72.3 Å². The predicted octanol–water partition coefficient (Wildman–Crippen LogP) is 6.82. The first-order chi connectivity index (χ1) is 12.2. The third-order valence-electron chi connectivity index (χ3n) is 5.95. The van der Waals surface area contributed by atoms with Crippen molar-refractivity contribution in [2.45, 2.75) is 57.3 Å². The second-order valence-electron chi connectivity index (χ2n) is 7.89. The third-order valence-corrected chi connectivity index (χ3v) is 5.95. The normalized spacial score (nSPS) is 19.3. The van der Waals surface area contributed by atoms with Crippen LogP contribution in [0, 0.1) is 0 Å². The Hall–Kier alpha value is -2.08. The molecule has 2 aliphatic rings. The summed E-state index contributed by atoms with van der Waals surface area (Å²) in [5.74, 6) is 1.07. The van der Waals surface area contributed by atoms with Crippen LogP contribution in [0.1, 0.15) is 72.3 Å². The quantitative estimate of drug-likeness (QED) is 0.528. The summed E-state index contributed by atoms with van der Waals surface area (Å²) in [4.78, 5) is 0. The maximum absolute atomic E-state index is 4.41. The van der Waals surface area contributed by atoms with Crippen molar-refractivity contribution in [2.75, 3.05) is 0 Å². The van der Waals surface area contributed by atoms with Gasteiger partial charge in [0.05, 0.1) is 0 Å². The molecule has 2 atom stereocenters. The van der Waals surface area contributed by atoms with Gasteiger partial charge in [-0.1, -0.05) is 73.7 Å². The van der Waals surface area contributed by atoms with Gasteiger partial charge in [0.2, 0.25) is 0 Å². The fourth-order valence-corrected chi connectivity index (χ4v) is 4.51. The summed E-state index contributed by atoms with van der Waals surface area (Å²) in [5, 5.41) is 0. The molecule has 25 heavy (non-hydrogen) atoms. The smallest absolute Gasteiger partial charge is 0.00643 e. The molecule has 0 heterocycles. The number of hydrogen-bond acceptors (Lipinski definition) is 0. The molecule has 2 aromatic rings. The summed E-state index contributed by atoms with van der Waals surface area (Å²) in [7, 11) is 0. The van der Waals surface area contributed by atoms with Crippen LogP contribution in [-0.2, 0) is 12.8 Å². The molecule has 0 heteroatoms. The van der Waals surface area contributed by atoms with Crippen LogP contribution < -0.4 is 0 Å². The largest absolute Gasteiger partial charge is 0.0998 e. The molecule has 0 N–H and O–H groups in total. The first-order valence-corrected chi connectivity index (χ1v) is 9.76. The highest BCUT2D eigenvalue weighted by Crippen LogP contribution is 2.36. The van der Waals surface area contributed by atoms with Crippen molar-refractivity contribution in [3.63, 3.8) is 0 Å². The third kappa shape index (κ3) is 3.49. The lowest BCUT2D eigenvalue weighted by Gasteiger charge is -2.21. The first kappa shape index (κ1) is 16.4. The Balaban J connectivity index is 1.40.